The molecule has 1 aliphatic heterocycles. The Hall–Kier alpha value is -1.52. The molecule has 0 saturated carbocycles. The number of hydrogen-bond donors (Lipinski definition) is 1. The van der Waals surface area contributed by atoms with Crippen molar-refractivity contribution in [3.05, 3.63) is 11.5 Å². The van der Waals surface area contributed by atoms with Crippen molar-refractivity contribution in [1.82, 2.24) is 10.5 Å². The average Bonchev–Trinajstić information content (AvgIpc) is 2.74. The summed E-state index contributed by atoms with van der Waals surface area (Å²) in [4.78, 5) is 13.2. The van der Waals surface area contributed by atoms with Gasteiger partial charge in [0.1, 0.15) is 11.4 Å². The molecule has 16 heavy (non-hydrogen) atoms. The largest absolute Gasteiger partial charge is 0.368 e. The van der Waals surface area contributed by atoms with Crippen molar-refractivity contribution in [3.8, 4) is 0 Å². The van der Waals surface area contributed by atoms with Crippen molar-refractivity contribution in [1.29, 1.82) is 0 Å². The average molecular weight is 223 g/mol. The van der Waals surface area contributed by atoms with Gasteiger partial charge in [0, 0.05) is 26.1 Å². The van der Waals surface area contributed by atoms with Crippen LogP contribution in [0.3, 0.4) is 0 Å². The Kier molecular flexibility index (Phi) is 2.85. The summed E-state index contributed by atoms with van der Waals surface area (Å²) in [5.74, 6) is 0.974. The molecular formula is C11H17N3O2. The van der Waals surface area contributed by atoms with Crippen molar-refractivity contribution in [2.24, 2.45) is 0 Å². The fourth-order valence-corrected chi connectivity index (χ4v) is 2.26. The van der Waals surface area contributed by atoms with Gasteiger partial charge in [-0.05, 0) is 20.3 Å². The first-order valence-electron chi connectivity index (χ1n) is 5.51. The van der Waals surface area contributed by atoms with Crippen LogP contribution in [-0.4, -0.2) is 30.7 Å². The van der Waals surface area contributed by atoms with Gasteiger partial charge in [0.05, 0.1) is 0 Å². The Morgan fingerprint density at radius 3 is 2.81 bits per heavy atom. The van der Waals surface area contributed by atoms with E-state index in [4.69, 9.17) is 4.52 Å². The van der Waals surface area contributed by atoms with Crippen molar-refractivity contribution >= 4 is 11.6 Å². The molecule has 0 spiro atoms. The predicted octanol–water partition coefficient (Wildman–Crippen LogP) is 1.01. The lowest BCUT2D eigenvalue weighted by atomic mass is 10.2. The van der Waals surface area contributed by atoms with E-state index in [-0.39, 0.29) is 11.9 Å². The molecule has 0 unspecified atom stereocenters. The van der Waals surface area contributed by atoms with Crippen LogP contribution in [0.15, 0.2) is 4.52 Å². The number of carbonyl (C=O) groups excluding carboxylic acids is 1. The molecule has 1 saturated heterocycles. The third-order valence-electron chi connectivity index (χ3n) is 2.96. The van der Waals surface area contributed by atoms with Gasteiger partial charge < -0.3 is 14.7 Å². The molecule has 1 atom stereocenters. The molecule has 0 bridgehead atoms. The molecule has 1 aromatic heterocycles. The second-order valence-electron chi connectivity index (χ2n) is 4.36. The van der Waals surface area contributed by atoms with E-state index in [1.54, 1.807) is 0 Å². The van der Waals surface area contributed by atoms with E-state index in [0.717, 1.165) is 30.1 Å². The first-order valence-corrected chi connectivity index (χ1v) is 5.51. The lowest BCUT2D eigenvalue weighted by Gasteiger charge is -2.22. The van der Waals surface area contributed by atoms with Crippen LogP contribution in [0.5, 0.6) is 0 Å². The molecule has 5 heteroatoms. The molecule has 5 nitrogen and oxygen atoms in total. The van der Waals surface area contributed by atoms with Gasteiger partial charge in [0.2, 0.25) is 5.91 Å². The lowest BCUT2D eigenvalue weighted by Crippen LogP contribution is -2.37. The van der Waals surface area contributed by atoms with E-state index in [2.05, 4.69) is 15.4 Å². The smallest absolute Gasteiger partial charge is 0.220 e. The van der Waals surface area contributed by atoms with Gasteiger partial charge in [0.15, 0.2) is 5.76 Å². The highest BCUT2D eigenvalue weighted by molar-refractivity contribution is 5.78. The van der Waals surface area contributed by atoms with Gasteiger partial charge >= 0.3 is 0 Å². The van der Waals surface area contributed by atoms with Crippen LogP contribution in [-0.2, 0) is 4.79 Å². The normalized spacial score (nSPS) is 19.9. The number of nitrogens with one attached hydrogen (secondary N) is 1. The summed E-state index contributed by atoms with van der Waals surface area (Å²) in [7, 11) is 2.00. The van der Waals surface area contributed by atoms with Crippen molar-refractivity contribution in [2.75, 3.05) is 18.5 Å². The number of aryl methyl sites for hydroxylation is 2. The number of hydrogen-bond acceptors (Lipinski definition) is 4. The third kappa shape index (κ3) is 2.03. The fourth-order valence-electron chi connectivity index (χ4n) is 2.26. The number of nitrogens with zero attached hydrogens (tertiary/aromatic N) is 2. The molecule has 1 aromatic rings. The topological polar surface area (TPSA) is 58.4 Å². The molecule has 0 aromatic carbocycles. The van der Waals surface area contributed by atoms with Gasteiger partial charge in [-0.25, -0.2) is 0 Å². The number of likely N-dealkylation sites (N-methyl/N-ethyl adjacent to an activating group) is 1. The minimum absolute atomic E-state index is 0.150. The number of carbonyl (C=O) groups is 1. The Morgan fingerprint density at radius 2 is 2.31 bits per heavy atom. The monoisotopic (exact) mass is 223 g/mol. The van der Waals surface area contributed by atoms with Gasteiger partial charge in [-0.3, -0.25) is 4.79 Å². The van der Waals surface area contributed by atoms with Gasteiger partial charge in [-0.15, -0.1) is 0 Å². The quantitative estimate of drug-likeness (QED) is 0.830. The van der Waals surface area contributed by atoms with E-state index in [0.29, 0.717) is 6.42 Å². The summed E-state index contributed by atoms with van der Waals surface area (Å²) in [6.45, 7) is 4.63. The SMILES string of the molecule is Cc1noc(C)c1N(C)C[C@@H]1CCC(=O)N1. The molecule has 1 fully saturated rings. The standard InChI is InChI=1S/C11H17N3O2/c1-7-11(8(2)16-13-7)14(3)6-9-4-5-10(15)12-9/h9H,4-6H2,1-3H3,(H,12,15)/t9-/m0/s1. The fraction of sp³-hybridized carbons (Fsp3) is 0.636. The molecule has 1 aliphatic rings. The van der Waals surface area contributed by atoms with Crippen molar-refractivity contribution in [3.63, 3.8) is 0 Å². The molecular weight excluding hydrogens is 206 g/mol. The zero-order chi connectivity index (χ0) is 11.7. The summed E-state index contributed by atoms with van der Waals surface area (Å²) in [6.07, 6.45) is 1.55. The van der Waals surface area contributed by atoms with E-state index < -0.39 is 0 Å². The summed E-state index contributed by atoms with van der Waals surface area (Å²) in [5, 5.41) is 6.88. The first-order chi connectivity index (χ1) is 7.58. The minimum atomic E-state index is 0.150. The van der Waals surface area contributed by atoms with Gasteiger partial charge in [-0.2, -0.15) is 0 Å². The molecule has 0 radical (unpaired) electrons. The maximum atomic E-state index is 11.1. The highest BCUT2D eigenvalue weighted by atomic mass is 16.5. The number of rotatable bonds is 3. The Balaban J connectivity index is 2.03. The lowest BCUT2D eigenvalue weighted by molar-refractivity contribution is -0.119. The second-order valence-corrected chi connectivity index (χ2v) is 4.36. The van der Waals surface area contributed by atoms with Crippen LogP contribution in [0, 0.1) is 13.8 Å². The Morgan fingerprint density at radius 1 is 1.56 bits per heavy atom. The molecule has 0 aliphatic carbocycles. The summed E-state index contributed by atoms with van der Waals surface area (Å²) in [5.41, 5.74) is 1.92. The van der Waals surface area contributed by atoms with Crippen molar-refractivity contribution in [2.45, 2.75) is 32.7 Å². The van der Waals surface area contributed by atoms with Gasteiger partial charge in [0.25, 0.3) is 0 Å². The van der Waals surface area contributed by atoms with Crippen LogP contribution in [0.2, 0.25) is 0 Å². The van der Waals surface area contributed by atoms with Crippen LogP contribution in [0.25, 0.3) is 0 Å². The number of aromatic nitrogens is 1. The Labute approximate surface area is 94.8 Å². The van der Waals surface area contributed by atoms with Crippen LogP contribution in [0.4, 0.5) is 5.69 Å². The zero-order valence-corrected chi connectivity index (χ0v) is 9.91. The third-order valence-corrected chi connectivity index (χ3v) is 2.96. The second kappa shape index (κ2) is 4.15. The highest BCUT2D eigenvalue weighted by Crippen LogP contribution is 2.23. The summed E-state index contributed by atoms with van der Waals surface area (Å²) in [6, 6.07) is 0.242. The van der Waals surface area contributed by atoms with Crippen molar-refractivity contribution < 1.29 is 9.32 Å². The molecule has 1 N–H and O–H groups in total. The first kappa shape index (κ1) is 11.0. The predicted molar refractivity (Wildman–Crippen MR) is 60.4 cm³/mol. The van der Waals surface area contributed by atoms with E-state index in [1.807, 2.05) is 20.9 Å². The van der Waals surface area contributed by atoms with E-state index in [9.17, 15) is 4.79 Å². The maximum absolute atomic E-state index is 11.1. The molecule has 1 amide bonds. The van der Waals surface area contributed by atoms with E-state index in [1.165, 1.54) is 0 Å². The van der Waals surface area contributed by atoms with Gasteiger partial charge in [-0.1, -0.05) is 5.16 Å². The van der Waals surface area contributed by atoms with Crippen LogP contribution < -0.4 is 10.2 Å². The van der Waals surface area contributed by atoms with Crippen LogP contribution >= 0.6 is 0 Å². The summed E-state index contributed by atoms with van der Waals surface area (Å²) < 4.78 is 5.12. The molecule has 2 heterocycles. The number of anilines is 1. The zero-order valence-electron chi connectivity index (χ0n) is 9.91. The van der Waals surface area contributed by atoms with E-state index >= 15 is 0 Å². The number of amides is 1. The minimum Gasteiger partial charge on any atom is -0.368 e. The maximum Gasteiger partial charge on any atom is 0.220 e. The Bertz CT molecular complexity index is 380. The highest BCUT2D eigenvalue weighted by Gasteiger charge is 2.23. The molecule has 88 valence electrons. The molecule has 2 rings (SSSR count). The summed E-state index contributed by atoms with van der Waals surface area (Å²) >= 11 is 0. The van der Waals surface area contributed by atoms with Crippen LogP contribution in [0.1, 0.15) is 24.3 Å².